The van der Waals surface area contributed by atoms with Crippen LogP contribution in [0.15, 0.2) is 6.07 Å². The molecule has 6 heteroatoms. The second kappa shape index (κ2) is 5.87. The van der Waals surface area contributed by atoms with Gasteiger partial charge in [0.15, 0.2) is 5.15 Å². The highest BCUT2D eigenvalue weighted by molar-refractivity contribution is 6.34. The highest BCUT2D eigenvalue weighted by Crippen LogP contribution is 2.26. The van der Waals surface area contributed by atoms with Crippen molar-refractivity contribution >= 4 is 34.8 Å². The number of aromatic nitrogens is 1. The van der Waals surface area contributed by atoms with E-state index in [0.29, 0.717) is 10.8 Å². The number of piperidine rings is 1. The van der Waals surface area contributed by atoms with E-state index in [9.17, 15) is 4.79 Å². The summed E-state index contributed by atoms with van der Waals surface area (Å²) in [5, 5.41) is 6.56. The van der Waals surface area contributed by atoms with Crippen molar-refractivity contribution in [1.82, 2.24) is 10.3 Å². The van der Waals surface area contributed by atoms with Gasteiger partial charge in [-0.1, -0.05) is 29.6 Å². The van der Waals surface area contributed by atoms with Gasteiger partial charge in [-0.3, -0.25) is 4.79 Å². The van der Waals surface area contributed by atoms with Crippen LogP contribution in [0, 0.1) is 6.92 Å². The Labute approximate surface area is 116 Å². The zero-order valence-corrected chi connectivity index (χ0v) is 11.6. The van der Waals surface area contributed by atoms with Gasteiger partial charge in [-0.2, -0.15) is 0 Å². The zero-order chi connectivity index (χ0) is 13.1. The average Bonchev–Trinajstić information content (AvgIpc) is 2.34. The summed E-state index contributed by atoms with van der Waals surface area (Å²) in [5.41, 5.74) is 1.35. The normalized spacial score (nSPS) is 19.6. The number of rotatable bonds is 2. The molecule has 1 aromatic rings. The van der Waals surface area contributed by atoms with Crippen LogP contribution in [0.4, 0.5) is 5.69 Å². The number of anilines is 1. The molecule has 1 unspecified atom stereocenters. The first-order chi connectivity index (χ1) is 8.58. The van der Waals surface area contributed by atoms with Crippen molar-refractivity contribution in [2.45, 2.75) is 32.2 Å². The molecule has 1 amide bonds. The number of carbonyl (C=O) groups is 1. The van der Waals surface area contributed by atoms with Crippen LogP contribution in [-0.4, -0.2) is 23.5 Å². The molecule has 2 heterocycles. The van der Waals surface area contributed by atoms with Crippen LogP contribution in [0.5, 0.6) is 0 Å². The van der Waals surface area contributed by atoms with Gasteiger partial charge in [-0.15, -0.1) is 0 Å². The molecular formula is C12H15Cl2N3O. The van der Waals surface area contributed by atoms with Crippen LogP contribution in [0.3, 0.4) is 0 Å². The monoisotopic (exact) mass is 287 g/mol. The first-order valence-corrected chi connectivity index (χ1v) is 6.70. The third-order valence-electron chi connectivity index (χ3n) is 3.02. The fraction of sp³-hybridized carbons (Fsp3) is 0.500. The smallest absolute Gasteiger partial charge is 0.241 e. The van der Waals surface area contributed by atoms with Crippen molar-refractivity contribution in [3.8, 4) is 0 Å². The number of carbonyl (C=O) groups excluding carboxylic acids is 1. The number of aryl methyl sites for hydroxylation is 1. The third-order valence-corrected chi connectivity index (χ3v) is 3.48. The molecule has 1 aliphatic rings. The minimum atomic E-state index is -0.148. The molecule has 1 atom stereocenters. The van der Waals surface area contributed by atoms with Crippen LogP contribution >= 0.6 is 23.2 Å². The second-order valence-corrected chi connectivity index (χ2v) is 5.16. The second-order valence-electron chi connectivity index (χ2n) is 4.42. The molecule has 0 spiro atoms. The fourth-order valence-electron chi connectivity index (χ4n) is 2.03. The van der Waals surface area contributed by atoms with E-state index >= 15 is 0 Å². The van der Waals surface area contributed by atoms with Gasteiger partial charge >= 0.3 is 0 Å². The Kier molecular flexibility index (Phi) is 4.43. The Hall–Kier alpha value is -0.840. The molecule has 4 nitrogen and oxygen atoms in total. The van der Waals surface area contributed by atoms with Crippen LogP contribution in [-0.2, 0) is 4.79 Å². The van der Waals surface area contributed by atoms with Crippen LogP contribution in [0.1, 0.15) is 24.8 Å². The molecule has 1 aromatic heterocycles. The standard InChI is InChI=1S/C12H15Cl2N3O/c1-7-6-9(13)16-11(14)10(7)17-12(18)8-4-2-3-5-15-8/h6,8,15H,2-5H2,1H3,(H,17,18). The average molecular weight is 288 g/mol. The van der Waals surface area contributed by atoms with Crippen molar-refractivity contribution in [2.75, 3.05) is 11.9 Å². The van der Waals surface area contributed by atoms with Gasteiger partial charge in [0.05, 0.1) is 11.7 Å². The molecular weight excluding hydrogens is 273 g/mol. The van der Waals surface area contributed by atoms with Crippen molar-refractivity contribution in [1.29, 1.82) is 0 Å². The minimum absolute atomic E-state index is 0.0659. The number of nitrogens with one attached hydrogen (secondary N) is 2. The molecule has 1 saturated heterocycles. The Morgan fingerprint density at radius 2 is 2.28 bits per heavy atom. The summed E-state index contributed by atoms with van der Waals surface area (Å²) in [6.45, 7) is 2.72. The van der Waals surface area contributed by atoms with Crippen molar-refractivity contribution in [3.63, 3.8) is 0 Å². The lowest BCUT2D eigenvalue weighted by atomic mass is 10.0. The Morgan fingerprint density at radius 1 is 1.50 bits per heavy atom. The summed E-state index contributed by atoms with van der Waals surface area (Å²) in [6.07, 6.45) is 3.03. The first-order valence-electron chi connectivity index (χ1n) is 5.95. The summed E-state index contributed by atoms with van der Waals surface area (Å²) >= 11 is 11.8. The number of hydrogen-bond donors (Lipinski definition) is 2. The van der Waals surface area contributed by atoms with E-state index in [-0.39, 0.29) is 17.1 Å². The van der Waals surface area contributed by atoms with Crippen LogP contribution in [0.2, 0.25) is 10.3 Å². The molecule has 1 fully saturated rings. The molecule has 2 N–H and O–H groups in total. The Balaban J connectivity index is 2.11. The minimum Gasteiger partial charge on any atom is -0.322 e. The molecule has 0 saturated carbocycles. The maximum atomic E-state index is 12.1. The van der Waals surface area contributed by atoms with Gasteiger partial charge in [-0.25, -0.2) is 4.98 Å². The van der Waals surface area contributed by atoms with Crippen LogP contribution in [0.25, 0.3) is 0 Å². The summed E-state index contributed by atoms with van der Waals surface area (Å²) in [6, 6.07) is 1.53. The molecule has 0 bridgehead atoms. The summed E-state index contributed by atoms with van der Waals surface area (Å²) in [7, 11) is 0. The quantitative estimate of drug-likeness (QED) is 0.823. The lowest BCUT2D eigenvalue weighted by molar-refractivity contribution is -0.118. The van der Waals surface area contributed by atoms with Gasteiger partial charge in [0.2, 0.25) is 5.91 Å². The SMILES string of the molecule is Cc1cc(Cl)nc(Cl)c1NC(=O)C1CCCCN1. The number of hydrogen-bond acceptors (Lipinski definition) is 3. The number of pyridine rings is 1. The van der Waals surface area contributed by atoms with Crippen molar-refractivity contribution in [3.05, 3.63) is 21.9 Å². The lowest BCUT2D eigenvalue weighted by Crippen LogP contribution is -2.43. The van der Waals surface area contributed by atoms with E-state index in [1.54, 1.807) is 6.07 Å². The van der Waals surface area contributed by atoms with E-state index in [2.05, 4.69) is 15.6 Å². The number of halogens is 2. The zero-order valence-electron chi connectivity index (χ0n) is 10.1. The van der Waals surface area contributed by atoms with E-state index in [0.717, 1.165) is 31.4 Å². The van der Waals surface area contributed by atoms with Gasteiger partial charge in [0.25, 0.3) is 0 Å². The molecule has 0 aromatic carbocycles. The van der Waals surface area contributed by atoms with Gasteiger partial charge in [-0.05, 0) is 37.9 Å². The summed E-state index contributed by atoms with van der Waals surface area (Å²) in [5.74, 6) is -0.0659. The van der Waals surface area contributed by atoms with Crippen LogP contribution < -0.4 is 10.6 Å². The molecule has 0 aliphatic carbocycles. The third kappa shape index (κ3) is 3.13. The van der Waals surface area contributed by atoms with Crippen molar-refractivity contribution < 1.29 is 4.79 Å². The first kappa shape index (κ1) is 13.6. The van der Waals surface area contributed by atoms with Gasteiger partial charge in [0.1, 0.15) is 5.15 Å². The molecule has 0 radical (unpaired) electrons. The summed E-state index contributed by atoms with van der Waals surface area (Å²) < 4.78 is 0. The molecule has 1 aliphatic heterocycles. The maximum absolute atomic E-state index is 12.1. The Morgan fingerprint density at radius 3 is 2.89 bits per heavy atom. The predicted molar refractivity (Wildman–Crippen MR) is 73.3 cm³/mol. The lowest BCUT2D eigenvalue weighted by Gasteiger charge is -2.23. The summed E-state index contributed by atoms with van der Waals surface area (Å²) in [4.78, 5) is 16.0. The van der Waals surface area contributed by atoms with E-state index in [4.69, 9.17) is 23.2 Å². The molecule has 2 rings (SSSR count). The van der Waals surface area contributed by atoms with Crippen molar-refractivity contribution in [2.24, 2.45) is 0 Å². The molecule has 98 valence electrons. The van der Waals surface area contributed by atoms with E-state index in [1.165, 1.54) is 0 Å². The maximum Gasteiger partial charge on any atom is 0.241 e. The predicted octanol–water partition coefficient (Wildman–Crippen LogP) is 2.78. The molecule has 18 heavy (non-hydrogen) atoms. The van der Waals surface area contributed by atoms with E-state index < -0.39 is 0 Å². The van der Waals surface area contributed by atoms with Gasteiger partial charge in [0, 0.05) is 0 Å². The highest BCUT2D eigenvalue weighted by atomic mass is 35.5. The topological polar surface area (TPSA) is 54.0 Å². The van der Waals surface area contributed by atoms with E-state index in [1.807, 2.05) is 6.92 Å². The Bertz CT molecular complexity index is 436. The fourth-order valence-corrected chi connectivity index (χ4v) is 2.61. The largest absolute Gasteiger partial charge is 0.322 e. The number of nitrogens with zero attached hydrogens (tertiary/aromatic N) is 1. The number of amides is 1. The highest BCUT2D eigenvalue weighted by Gasteiger charge is 2.22. The van der Waals surface area contributed by atoms with Gasteiger partial charge < -0.3 is 10.6 Å².